The van der Waals surface area contributed by atoms with Crippen LogP contribution in [0.3, 0.4) is 0 Å². The lowest BCUT2D eigenvalue weighted by Gasteiger charge is -2.32. The normalized spacial score (nSPS) is 18.2. The number of hydrogen-bond donors (Lipinski definition) is 1. The number of rotatable bonds is 6. The standard InChI is InChI=1S/C18H22N2O4S/c21-18(16-7-2-1-3-8-16)20-10-4-6-15(13-20)14-25(22,23)19-12-17-9-5-11-24-17/h1-3,5,7-9,11,15,19H,4,6,10,12-14H2. The molecule has 1 atom stereocenters. The average molecular weight is 362 g/mol. The molecule has 6 nitrogen and oxygen atoms in total. The van der Waals surface area contributed by atoms with E-state index < -0.39 is 10.0 Å². The predicted octanol–water partition coefficient (Wildman–Crippen LogP) is 2.25. The number of piperidine rings is 1. The van der Waals surface area contributed by atoms with Crippen LogP contribution in [0.2, 0.25) is 0 Å². The Hall–Kier alpha value is -2.12. The van der Waals surface area contributed by atoms with Crippen molar-refractivity contribution in [3.05, 3.63) is 60.1 Å². The molecular weight excluding hydrogens is 340 g/mol. The number of amides is 1. The summed E-state index contributed by atoms with van der Waals surface area (Å²) in [7, 11) is -3.42. The molecule has 0 saturated carbocycles. The van der Waals surface area contributed by atoms with Gasteiger partial charge in [0.25, 0.3) is 5.91 Å². The van der Waals surface area contributed by atoms with Crippen molar-refractivity contribution in [1.29, 1.82) is 0 Å². The Morgan fingerprint density at radius 1 is 1.20 bits per heavy atom. The number of nitrogens with one attached hydrogen (secondary N) is 1. The second-order valence-electron chi connectivity index (χ2n) is 6.31. The summed E-state index contributed by atoms with van der Waals surface area (Å²) in [6.07, 6.45) is 3.13. The summed E-state index contributed by atoms with van der Waals surface area (Å²) >= 11 is 0. The third kappa shape index (κ3) is 4.93. The van der Waals surface area contributed by atoms with E-state index in [0.717, 1.165) is 12.8 Å². The van der Waals surface area contributed by atoms with Gasteiger partial charge in [-0.2, -0.15) is 0 Å². The fourth-order valence-electron chi connectivity index (χ4n) is 3.11. The molecule has 0 aliphatic carbocycles. The molecular formula is C18H22N2O4S. The Balaban J connectivity index is 1.56. The second-order valence-corrected chi connectivity index (χ2v) is 8.16. The Labute approximate surface area is 147 Å². The van der Waals surface area contributed by atoms with Crippen LogP contribution in [0.15, 0.2) is 53.1 Å². The Bertz CT molecular complexity index is 788. The lowest BCUT2D eigenvalue weighted by Crippen LogP contribution is -2.43. The van der Waals surface area contributed by atoms with Crippen LogP contribution in [0.5, 0.6) is 0 Å². The quantitative estimate of drug-likeness (QED) is 0.855. The number of likely N-dealkylation sites (tertiary alicyclic amines) is 1. The SMILES string of the molecule is O=C(c1ccccc1)N1CCCC(CS(=O)(=O)NCc2ccco2)C1. The molecule has 2 aromatic rings. The van der Waals surface area contributed by atoms with E-state index >= 15 is 0 Å². The molecule has 1 amide bonds. The molecule has 3 rings (SSSR count). The van der Waals surface area contributed by atoms with Gasteiger partial charge in [-0.3, -0.25) is 4.79 Å². The number of nitrogens with zero attached hydrogens (tertiary/aromatic N) is 1. The zero-order chi connectivity index (χ0) is 17.7. The first-order valence-corrected chi connectivity index (χ1v) is 10.0. The lowest BCUT2D eigenvalue weighted by atomic mass is 9.99. The molecule has 0 spiro atoms. The van der Waals surface area contributed by atoms with Gasteiger partial charge in [0.05, 0.1) is 18.6 Å². The zero-order valence-corrected chi connectivity index (χ0v) is 14.7. The molecule has 7 heteroatoms. The fourth-order valence-corrected chi connectivity index (χ4v) is 4.49. The summed E-state index contributed by atoms with van der Waals surface area (Å²) in [5, 5.41) is 0. The molecule has 1 aromatic heterocycles. The van der Waals surface area contributed by atoms with Crippen molar-refractivity contribution in [3.63, 3.8) is 0 Å². The Kier molecular flexibility index (Phi) is 5.55. The van der Waals surface area contributed by atoms with Gasteiger partial charge in [0.2, 0.25) is 10.0 Å². The molecule has 0 radical (unpaired) electrons. The maximum absolute atomic E-state index is 12.5. The van der Waals surface area contributed by atoms with Gasteiger partial charge in [0, 0.05) is 18.7 Å². The van der Waals surface area contributed by atoms with Crippen LogP contribution >= 0.6 is 0 Å². The minimum absolute atomic E-state index is 0.0201. The third-order valence-electron chi connectivity index (χ3n) is 4.33. The minimum atomic E-state index is -3.42. The molecule has 1 N–H and O–H groups in total. The molecule has 1 aliphatic heterocycles. The second kappa shape index (κ2) is 7.84. The van der Waals surface area contributed by atoms with Crippen LogP contribution in [0.25, 0.3) is 0 Å². The Morgan fingerprint density at radius 3 is 2.72 bits per heavy atom. The first-order valence-electron chi connectivity index (χ1n) is 8.37. The highest BCUT2D eigenvalue weighted by Gasteiger charge is 2.28. The molecule has 0 bridgehead atoms. The van der Waals surface area contributed by atoms with Gasteiger partial charge in [-0.05, 0) is 43.0 Å². The van der Waals surface area contributed by atoms with Crippen molar-refractivity contribution < 1.29 is 17.6 Å². The molecule has 25 heavy (non-hydrogen) atoms. The molecule has 1 fully saturated rings. The van der Waals surface area contributed by atoms with Crippen LogP contribution in [-0.4, -0.2) is 38.1 Å². The van der Waals surface area contributed by atoms with E-state index in [9.17, 15) is 13.2 Å². The van der Waals surface area contributed by atoms with E-state index in [1.807, 2.05) is 18.2 Å². The van der Waals surface area contributed by atoms with Gasteiger partial charge >= 0.3 is 0 Å². The number of hydrogen-bond acceptors (Lipinski definition) is 4. The van der Waals surface area contributed by atoms with Crippen molar-refractivity contribution in [3.8, 4) is 0 Å². The fraction of sp³-hybridized carbons (Fsp3) is 0.389. The topological polar surface area (TPSA) is 79.6 Å². The van der Waals surface area contributed by atoms with Gasteiger partial charge in [-0.25, -0.2) is 13.1 Å². The summed E-state index contributed by atoms with van der Waals surface area (Å²) in [4.78, 5) is 14.3. The summed E-state index contributed by atoms with van der Waals surface area (Å²) in [5.41, 5.74) is 0.641. The first-order chi connectivity index (χ1) is 12.0. The summed E-state index contributed by atoms with van der Waals surface area (Å²) in [6.45, 7) is 1.29. The van der Waals surface area contributed by atoms with Gasteiger partial charge in [-0.1, -0.05) is 18.2 Å². The van der Waals surface area contributed by atoms with Crippen LogP contribution < -0.4 is 4.72 Å². The van der Waals surface area contributed by atoms with E-state index in [0.29, 0.717) is 24.4 Å². The molecule has 1 saturated heterocycles. The summed E-state index contributed by atoms with van der Waals surface area (Å²) < 4.78 is 32.3. The molecule has 1 unspecified atom stereocenters. The lowest BCUT2D eigenvalue weighted by molar-refractivity contribution is 0.0684. The van der Waals surface area contributed by atoms with E-state index in [4.69, 9.17) is 4.42 Å². The van der Waals surface area contributed by atoms with Crippen LogP contribution in [0.1, 0.15) is 29.0 Å². The van der Waals surface area contributed by atoms with Gasteiger partial charge < -0.3 is 9.32 Å². The first kappa shape index (κ1) is 17.7. The van der Waals surface area contributed by atoms with E-state index in [1.54, 1.807) is 29.2 Å². The highest BCUT2D eigenvalue weighted by Crippen LogP contribution is 2.20. The van der Waals surface area contributed by atoms with E-state index in [1.165, 1.54) is 6.26 Å². The maximum atomic E-state index is 12.5. The summed E-state index contributed by atoms with van der Waals surface area (Å²) in [5.74, 6) is 0.501. The monoisotopic (exact) mass is 362 g/mol. The molecule has 1 aliphatic rings. The number of furan rings is 1. The predicted molar refractivity (Wildman–Crippen MR) is 94.4 cm³/mol. The highest BCUT2D eigenvalue weighted by atomic mass is 32.2. The van der Waals surface area contributed by atoms with Crippen molar-refractivity contribution in [2.24, 2.45) is 5.92 Å². The van der Waals surface area contributed by atoms with Crippen molar-refractivity contribution in [2.75, 3.05) is 18.8 Å². The van der Waals surface area contributed by atoms with Gasteiger partial charge in [0.1, 0.15) is 5.76 Å². The molecule has 1 aromatic carbocycles. The summed E-state index contributed by atoms with van der Waals surface area (Å²) in [6, 6.07) is 12.5. The highest BCUT2D eigenvalue weighted by molar-refractivity contribution is 7.89. The maximum Gasteiger partial charge on any atom is 0.253 e. The van der Waals surface area contributed by atoms with Crippen LogP contribution in [0.4, 0.5) is 0 Å². The third-order valence-corrected chi connectivity index (χ3v) is 5.82. The van der Waals surface area contributed by atoms with Gasteiger partial charge in [0.15, 0.2) is 0 Å². The zero-order valence-electron chi connectivity index (χ0n) is 13.9. The molecule has 134 valence electrons. The largest absolute Gasteiger partial charge is 0.468 e. The minimum Gasteiger partial charge on any atom is -0.468 e. The van der Waals surface area contributed by atoms with Crippen LogP contribution in [0, 0.1) is 5.92 Å². The van der Waals surface area contributed by atoms with Crippen molar-refractivity contribution >= 4 is 15.9 Å². The van der Waals surface area contributed by atoms with Crippen molar-refractivity contribution in [2.45, 2.75) is 19.4 Å². The number of sulfonamides is 1. The Morgan fingerprint density at radius 2 is 2.00 bits per heavy atom. The van der Waals surface area contributed by atoms with Crippen molar-refractivity contribution in [1.82, 2.24) is 9.62 Å². The average Bonchev–Trinajstić information content (AvgIpc) is 3.14. The number of carbonyl (C=O) groups is 1. The smallest absolute Gasteiger partial charge is 0.253 e. The van der Waals surface area contributed by atoms with E-state index in [-0.39, 0.29) is 24.1 Å². The number of benzene rings is 1. The molecule has 2 heterocycles. The van der Waals surface area contributed by atoms with E-state index in [2.05, 4.69) is 4.72 Å². The van der Waals surface area contributed by atoms with Crippen LogP contribution in [-0.2, 0) is 16.6 Å². The number of carbonyl (C=O) groups excluding carboxylic acids is 1. The van der Waals surface area contributed by atoms with Gasteiger partial charge in [-0.15, -0.1) is 0 Å².